The fourth-order valence-corrected chi connectivity index (χ4v) is 2.18. The quantitative estimate of drug-likeness (QED) is 0.222. The van der Waals surface area contributed by atoms with Gasteiger partial charge in [-0.15, -0.1) is 0 Å². The molecule has 0 aromatic heterocycles. The normalized spacial score (nSPS) is 11.1. The van der Waals surface area contributed by atoms with Gasteiger partial charge in [0.25, 0.3) is 0 Å². The summed E-state index contributed by atoms with van der Waals surface area (Å²) in [6.45, 7) is 8.96. The van der Waals surface area contributed by atoms with Crippen molar-refractivity contribution < 1.29 is 0 Å². The van der Waals surface area contributed by atoms with Crippen LogP contribution in [-0.4, -0.2) is 0 Å². The molecule has 0 rings (SSSR count). The molecule has 0 N–H and O–H groups in total. The summed E-state index contributed by atoms with van der Waals surface area (Å²) < 4.78 is 0. The monoisotopic (exact) mass is 308 g/mol. The maximum Gasteiger partial charge on any atom is -0.0351 e. The predicted molar refractivity (Wildman–Crippen MR) is 106 cm³/mol. The lowest BCUT2D eigenvalue weighted by atomic mass is 10.1. The Morgan fingerprint density at radius 1 is 0.364 bits per heavy atom. The van der Waals surface area contributed by atoms with E-state index in [0.29, 0.717) is 0 Å². The molecule has 0 atom stereocenters. The SMILES string of the molecule is CCCC=CCCCCCC.CCCC=CCCCCCC. The van der Waals surface area contributed by atoms with Crippen LogP contribution in [-0.2, 0) is 0 Å². The Morgan fingerprint density at radius 2 is 0.727 bits per heavy atom. The molecule has 0 spiro atoms. The van der Waals surface area contributed by atoms with Crippen molar-refractivity contribution in [3.63, 3.8) is 0 Å². The lowest BCUT2D eigenvalue weighted by Crippen LogP contribution is -1.73. The van der Waals surface area contributed by atoms with Gasteiger partial charge in [-0.3, -0.25) is 0 Å². The summed E-state index contributed by atoms with van der Waals surface area (Å²) in [5, 5.41) is 0. The van der Waals surface area contributed by atoms with Crippen LogP contribution in [0.4, 0.5) is 0 Å². The van der Waals surface area contributed by atoms with Crippen LogP contribution in [0, 0.1) is 0 Å². The number of hydrogen-bond donors (Lipinski definition) is 0. The maximum atomic E-state index is 2.33. The average Bonchev–Trinajstić information content (AvgIpc) is 2.54. The zero-order valence-corrected chi connectivity index (χ0v) is 16.2. The number of unbranched alkanes of at least 4 members (excludes halogenated alkanes) is 10. The van der Waals surface area contributed by atoms with Crippen molar-refractivity contribution in [2.24, 2.45) is 0 Å². The Morgan fingerprint density at radius 3 is 1.05 bits per heavy atom. The third-order valence-electron chi connectivity index (χ3n) is 3.69. The van der Waals surface area contributed by atoms with Crippen LogP contribution in [0.5, 0.6) is 0 Å². The highest BCUT2D eigenvalue weighted by molar-refractivity contribution is 4.81. The van der Waals surface area contributed by atoms with E-state index in [4.69, 9.17) is 0 Å². The summed E-state index contributed by atoms with van der Waals surface area (Å²) in [4.78, 5) is 0. The smallest absolute Gasteiger partial charge is 0.0351 e. The van der Waals surface area contributed by atoms with Crippen LogP contribution in [0.3, 0.4) is 0 Å². The van der Waals surface area contributed by atoms with Crippen molar-refractivity contribution in [1.29, 1.82) is 0 Å². The van der Waals surface area contributed by atoms with Crippen molar-refractivity contribution in [3.8, 4) is 0 Å². The van der Waals surface area contributed by atoms with Gasteiger partial charge in [-0.25, -0.2) is 0 Å². The van der Waals surface area contributed by atoms with Crippen molar-refractivity contribution in [3.05, 3.63) is 24.3 Å². The fraction of sp³-hybridized carbons (Fsp3) is 0.818. The summed E-state index contributed by atoms with van der Waals surface area (Å²) in [6.07, 6.45) is 28.0. The van der Waals surface area contributed by atoms with Crippen LogP contribution in [0.15, 0.2) is 24.3 Å². The van der Waals surface area contributed by atoms with Gasteiger partial charge in [0.2, 0.25) is 0 Å². The molecule has 0 aliphatic rings. The minimum absolute atomic E-state index is 1.26. The summed E-state index contributed by atoms with van der Waals surface area (Å²) in [7, 11) is 0. The zero-order chi connectivity index (χ0) is 16.7. The predicted octanol–water partition coefficient (Wildman–Crippen LogP) is 8.63. The van der Waals surface area contributed by atoms with Crippen LogP contribution in [0.2, 0.25) is 0 Å². The highest BCUT2D eigenvalue weighted by Gasteiger charge is 1.84. The molecule has 0 aromatic carbocycles. The van der Waals surface area contributed by atoms with Gasteiger partial charge in [-0.2, -0.15) is 0 Å². The van der Waals surface area contributed by atoms with Crippen LogP contribution < -0.4 is 0 Å². The van der Waals surface area contributed by atoms with Gasteiger partial charge in [0, 0.05) is 0 Å². The number of hydrogen-bond acceptors (Lipinski definition) is 0. The van der Waals surface area contributed by atoms with Gasteiger partial charge in [-0.1, -0.05) is 103 Å². The maximum absolute atomic E-state index is 2.33. The summed E-state index contributed by atoms with van der Waals surface area (Å²) >= 11 is 0. The first kappa shape index (κ1) is 23.7. The van der Waals surface area contributed by atoms with Crippen molar-refractivity contribution >= 4 is 0 Å². The van der Waals surface area contributed by atoms with E-state index in [0.717, 1.165) is 0 Å². The Balaban J connectivity index is 0. The van der Waals surface area contributed by atoms with Crippen LogP contribution >= 0.6 is 0 Å². The van der Waals surface area contributed by atoms with E-state index in [9.17, 15) is 0 Å². The standard InChI is InChI=1S/2C11H22/c2*1-3-5-7-9-11-10-8-6-4-2/h2*7,9H,3-6,8,10-11H2,1-2H3. The lowest BCUT2D eigenvalue weighted by Gasteiger charge is -1.93. The average molecular weight is 309 g/mol. The third kappa shape index (κ3) is 27.8. The second-order valence-corrected chi connectivity index (χ2v) is 6.22. The molecule has 0 fully saturated rings. The van der Waals surface area contributed by atoms with Crippen molar-refractivity contribution in [2.45, 2.75) is 118 Å². The molecule has 0 saturated heterocycles. The topological polar surface area (TPSA) is 0 Å². The van der Waals surface area contributed by atoms with E-state index < -0.39 is 0 Å². The van der Waals surface area contributed by atoms with Gasteiger partial charge in [0.1, 0.15) is 0 Å². The first-order valence-corrected chi connectivity index (χ1v) is 10.1. The lowest BCUT2D eigenvalue weighted by molar-refractivity contribution is 0.673. The fourth-order valence-electron chi connectivity index (χ4n) is 2.18. The van der Waals surface area contributed by atoms with Gasteiger partial charge in [0.15, 0.2) is 0 Å². The molecule has 0 bridgehead atoms. The molecule has 0 saturated carbocycles. The summed E-state index contributed by atoms with van der Waals surface area (Å²) in [5.41, 5.74) is 0. The van der Waals surface area contributed by atoms with Gasteiger partial charge >= 0.3 is 0 Å². The minimum Gasteiger partial charge on any atom is -0.0885 e. The second-order valence-electron chi connectivity index (χ2n) is 6.22. The highest BCUT2D eigenvalue weighted by atomic mass is 13.9. The van der Waals surface area contributed by atoms with E-state index in [-0.39, 0.29) is 0 Å². The third-order valence-corrected chi connectivity index (χ3v) is 3.69. The zero-order valence-electron chi connectivity index (χ0n) is 16.2. The van der Waals surface area contributed by atoms with E-state index in [1.807, 2.05) is 0 Å². The molecule has 132 valence electrons. The molecule has 0 aliphatic heterocycles. The Bertz CT molecular complexity index is 188. The Kier molecular flexibility index (Phi) is 27.4. The molecule has 0 radical (unpaired) electrons. The Hall–Kier alpha value is -0.520. The van der Waals surface area contributed by atoms with Gasteiger partial charge < -0.3 is 0 Å². The van der Waals surface area contributed by atoms with Crippen LogP contribution in [0.25, 0.3) is 0 Å². The summed E-state index contributed by atoms with van der Waals surface area (Å²) in [5.74, 6) is 0. The first-order valence-electron chi connectivity index (χ1n) is 10.1. The molecule has 22 heavy (non-hydrogen) atoms. The second kappa shape index (κ2) is 25.4. The minimum atomic E-state index is 1.26. The molecule has 0 aliphatic carbocycles. The van der Waals surface area contributed by atoms with Crippen LogP contribution in [0.1, 0.15) is 118 Å². The van der Waals surface area contributed by atoms with E-state index >= 15 is 0 Å². The summed E-state index contributed by atoms with van der Waals surface area (Å²) in [6, 6.07) is 0. The molecule has 0 heteroatoms. The number of allylic oxidation sites excluding steroid dienone is 4. The molecule has 0 amide bonds. The largest absolute Gasteiger partial charge is 0.0885 e. The van der Waals surface area contributed by atoms with E-state index in [1.165, 1.54) is 89.9 Å². The van der Waals surface area contributed by atoms with Gasteiger partial charge in [0.05, 0.1) is 0 Å². The molecule has 0 heterocycles. The molecular weight excluding hydrogens is 264 g/mol. The molecule has 0 unspecified atom stereocenters. The van der Waals surface area contributed by atoms with Gasteiger partial charge in [-0.05, 0) is 38.5 Å². The van der Waals surface area contributed by atoms with E-state index in [1.54, 1.807) is 0 Å². The van der Waals surface area contributed by atoms with Crippen molar-refractivity contribution in [2.75, 3.05) is 0 Å². The Labute approximate surface area is 142 Å². The molecule has 0 aromatic rings. The van der Waals surface area contributed by atoms with E-state index in [2.05, 4.69) is 52.0 Å². The number of rotatable bonds is 14. The first-order chi connectivity index (χ1) is 10.8. The highest BCUT2D eigenvalue weighted by Crippen LogP contribution is 2.04. The molecule has 0 nitrogen and oxygen atoms in total. The molecular formula is C22H44. The van der Waals surface area contributed by atoms with Crippen molar-refractivity contribution in [1.82, 2.24) is 0 Å².